The molecule has 0 bridgehead atoms. The van der Waals surface area contributed by atoms with Crippen LogP contribution in [0.15, 0.2) is 48.5 Å². The molecule has 3 nitrogen and oxygen atoms in total. The van der Waals surface area contributed by atoms with Crippen molar-refractivity contribution in [2.45, 2.75) is 12.5 Å². The maximum atomic E-state index is 11.6. The van der Waals surface area contributed by atoms with Crippen molar-refractivity contribution in [3.05, 3.63) is 54.1 Å². The minimum Gasteiger partial charge on any atom is -0.485 e. The van der Waals surface area contributed by atoms with Crippen LogP contribution >= 0.6 is 0 Å². The van der Waals surface area contributed by atoms with Crippen molar-refractivity contribution >= 4 is 5.91 Å². The van der Waals surface area contributed by atoms with Gasteiger partial charge < -0.3 is 10.1 Å². The van der Waals surface area contributed by atoms with Crippen LogP contribution in [-0.2, 0) is 4.79 Å². The molecule has 0 radical (unpaired) electrons. The number of carbonyl (C=O) groups is 1. The molecule has 0 spiro atoms. The van der Waals surface area contributed by atoms with Crippen LogP contribution in [0.1, 0.15) is 18.1 Å². The minimum absolute atomic E-state index is 0.0146. The zero-order chi connectivity index (χ0) is 13.2. The summed E-state index contributed by atoms with van der Waals surface area (Å²) >= 11 is 0. The third-order valence-electron chi connectivity index (χ3n) is 3.40. The largest absolute Gasteiger partial charge is 0.485 e. The molecule has 2 aromatic rings. The SMILES string of the molecule is CNC(=O)CC1Oc2ccccc2-c2ccccc21. The third kappa shape index (κ3) is 2.08. The predicted molar refractivity (Wildman–Crippen MR) is 73.9 cm³/mol. The van der Waals surface area contributed by atoms with Crippen molar-refractivity contribution in [3.8, 4) is 16.9 Å². The summed E-state index contributed by atoms with van der Waals surface area (Å²) < 4.78 is 5.97. The Morgan fingerprint density at radius 1 is 1.11 bits per heavy atom. The van der Waals surface area contributed by atoms with Gasteiger partial charge in [-0.3, -0.25) is 4.79 Å². The van der Waals surface area contributed by atoms with Crippen LogP contribution in [0.4, 0.5) is 0 Å². The van der Waals surface area contributed by atoms with Gasteiger partial charge >= 0.3 is 0 Å². The molecule has 0 saturated carbocycles. The second kappa shape index (κ2) is 4.76. The Hall–Kier alpha value is -2.29. The number of rotatable bonds is 2. The van der Waals surface area contributed by atoms with E-state index < -0.39 is 0 Å². The summed E-state index contributed by atoms with van der Waals surface area (Å²) in [5.74, 6) is 0.828. The van der Waals surface area contributed by atoms with Crippen LogP contribution in [0.2, 0.25) is 0 Å². The summed E-state index contributed by atoms with van der Waals surface area (Å²) in [6.45, 7) is 0. The topological polar surface area (TPSA) is 38.3 Å². The highest BCUT2D eigenvalue weighted by atomic mass is 16.5. The maximum absolute atomic E-state index is 11.6. The number of hydrogen-bond acceptors (Lipinski definition) is 2. The third-order valence-corrected chi connectivity index (χ3v) is 3.40. The lowest BCUT2D eigenvalue weighted by Gasteiger charge is -2.28. The van der Waals surface area contributed by atoms with Crippen LogP contribution in [0.5, 0.6) is 5.75 Å². The molecule has 2 aromatic carbocycles. The Kier molecular flexibility index (Phi) is 2.95. The lowest BCUT2D eigenvalue weighted by atomic mass is 9.91. The Labute approximate surface area is 112 Å². The fourth-order valence-electron chi connectivity index (χ4n) is 2.45. The first kappa shape index (κ1) is 11.8. The van der Waals surface area contributed by atoms with Crippen LogP contribution in [0, 0.1) is 0 Å². The molecule has 3 rings (SSSR count). The van der Waals surface area contributed by atoms with Crippen LogP contribution in [0.25, 0.3) is 11.1 Å². The fraction of sp³-hybridized carbons (Fsp3) is 0.188. The second-order valence-electron chi connectivity index (χ2n) is 4.57. The predicted octanol–water partition coefficient (Wildman–Crippen LogP) is 2.92. The molecular formula is C16H15NO2. The van der Waals surface area contributed by atoms with Gasteiger partial charge in [-0.25, -0.2) is 0 Å². The molecule has 19 heavy (non-hydrogen) atoms. The summed E-state index contributed by atoms with van der Waals surface area (Å²) in [5.41, 5.74) is 3.31. The van der Waals surface area contributed by atoms with Crippen LogP contribution in [-0.4, -0.2) is 13.0 Å². The molecule has 0 saturated heterocycles. The van der Waals surface area contributed by atoms with E-state index in [1.165, 1.54) is 0 Å². The first-order valence-electron chi connectivity index (χ1n) is 6.35. The summed E-state index contributed by atoms with van der Waals surface area (Å²) in [4.78, 5) is 11.6. The van der Waals surface area contributed by atoms with Gasteiger partial charge in [-0.2, -0.15) is 0 Å². The normalized spacial score (nSPS) is 15.9. The molecule has 0 aliphatic carbocycles. The van der Waals surface area contributed by atoms with Crippen molar-refractivity contribution in [2.24, 2.45) is 0 Å². The van der Waals surface area contributed by atoms with Crippen molar-refractivity contribution in [1.29, 1.82) is 0 Å². The van der Waals surface area contributed by atoms with Gasteiger partial charge in [0, 0.05) is 18.2 Å². The fourth-order valence-corrected chi connectivity index (χ4v) is 2.45. The van der Waals surface area contributed by atoms with Crippen LogP contribution < -0.4 is 10.1 Å². The van der Waals surface area contributed by atoms with Gasteiger partial charge in [-0.15, -0.1) is 0 Å². The number of amides is 1. The van der Waals surface area contributed by atoms with E-state index >= 15 is 0 Å². The lowest BCUT2D eigenvalue weighted by Crippen LogP contribution is -2.24. The Bertz CT molecular complexity index is 622. The molecule has 1 amide bonds. The number of nitrogens with one attached hydrogen (secondary N) is 1. The zero-order valence-corrected chi connectivity index (χ0v) is 10.7. The average Bonchev–Trinajstić information content (AvgIpc) is 2.47. The van der Waals surface area contributed by atoms with E-state index in [9.17, 15) is 4.79 Å². The van der Waals surface area contributed by atoms with E-state index in [1.54, 1.807) is 7.05 Å². The van der Waals surface area contributed by atoms with Gasteiger partial charge in [0.2, 0.25) is 5.91 Å². The summed E-state index contributed by atoms with van der Waals surface area (Å²) in [6, 6.07) is 16.0. The summed E-state index contributed by atoms with van der Waals surface area (Å²) in [7, 11) is 1.64. The minimum atomic E-state index is -0.217. The number of ether oxygens (including phenoxy) is 1. The lowest BCUT2D eigenvalue weighted by molar-refractivity contribution is -0.122. The van der Waals surface area contributed by atoms with Crippen molar-refractivity contribution in [2.75, 3.05) is 7.05 Å². The van der Waals surface area contributed by atoms with Gasteiger partial charge in [0.05, 0.1) is 6.42 Å². The molecule has 1 aliphatic heterocycles. The average molecular weight is 253 g/mol. The number of carbonyl (C=O) groups excluding carboxylic acids is 1. The van der Waals surface area contributed by atoms with E-state index in [4.69, 9.17) is 4.74 Å². The van der Waals surface area contributed by atoms with E-state index in [0.29, 0.717) is 6.42 Å². The monoisotopic (exact) mass is 253 g/mol. The molecule has 1 aliphatic rings. The molecule has 0 fully saturated rings. The Balaban J connectivity index is 2.06. The van der Waals surface area contributed by atoms with E-state index in [-0.39, 0.29) is 12.0 Å². The second-order valence-corrected chi connectivity index (χ2v) is 4.57. The van der Waals surface area contributed by atoms with E-state index in [2.05, 4.69) is 11.4 Å². The van der Waals surface area contributed by atoms with Gasteiger partial charge in [-0.05, 0) is 11.6 Å². The van der Waals surface area contributed by atoms with Crippen LogP contribution in [0.3, 0.4) is 0 Å². The quantitative estimate of drug-likeness (QED) is 0.893. The molecule has 96 valence electrons. The van der Waals surface area contributed by atoms with Gasteiger partial charge in [0.25, 0.3) is 0 Å². The molecule has 0 aromatic heterocycles. The summed E-state index contributed by atoms with van der Waals surface area (Å²) in [5, 5.41) is 2.65. The highest BCUT2D eigenvalue weighted by molar-refractivity contribution is 5.80. The van der Waals surface area contributed by atoms with Crippen molar-refractivity contribution in [1.82, 2.24) is 5.32 Å². The smallest absolute Gasteiger partial charge is 0.223 e. The van der Waals surface area contributed by atoms with Gasteiger partial charge in [-0.1, -0.05) is 42.5 Å². The molecule has 1 heterocycles. The number of hydrogen-bond donors (Lipinski definition) is 1. The van der Waals surface area contributed by atoms with Crippen molar-refractivity contribution in [3.63, 3.8) is 0 Å². The maximum Gasteiger partial charge on any atom is 0.223 e. The van der Waals surface area contributed by atoms with Crippen molar-refractivity contribution < 1.29 is 9.53 Å². The Morgan fingerprint density at radius 2 is 1.79 bits per heavy atom. The molecular weight excluding hydrogens is 238 g/mol. The molecule has 1 unspecified atom stereocenters. The van der Waals surface area contributed by atoms with Gasteiger partial charge in [0.1, 0.15) is 11.9 Å². The first-order valence-corrected chi connectivity index (χ1v) is 6.35. The zero-order valence-electron chi connectivity index (χ0n) is 10.7. The van der Waals surface area contributed by atoms with E-state index in [0.717, 1.165) is 22.4 Å². The molecule has 1 N–H and O–H groups in total. The number of benzene rings is 2. The highest BCUT2D eigenvalue weighted by Gasteiger charge is 2.26. The molecule has 3 heteroatoms. The number of fused-ring (bicyclic) bond motifs is 3. The summed E-state index contributed by atoms with van der Waals surface area (Å²) in [6.07, 6.45) is 0.119. The standard InChI is InChI=1S/C16H15NO2/c1-17-16(18)10-15-13-8-3-2-6-11(13)12-7-4-5-9-14(12)19-15/h2-9,15H,10H2,1H3,(H,17,18). The molecule has 1 atom stereocenters. The Morgan fingerprint density at radius 3 is 2.58 bits per heavy atom. The highest BCUT2D eigenvalue weighted by Crippen LogP contribution is 2.42. The van der Waals surface area contributed by atoms with E-state index in [1.807, 2.05) is 42.5 Å². The van der Waals surface area contributed by atoms with Gasteiger partial charge in [0.15, 0.2) is 0 Å². The first-order chi connectivity index (χ1) is 9.29. The number of para-hydroxylation sites is 1.